The molecule has 0 aliphatic carbocycles. The highest BCUT2D eigenvalue weighted by atomic mass is 16.5. The molecule has 0 aromatic heterocycles. The Bertz CT molecular complexity index is 420. The molecule has 3 N–H and O–H groups in total. The molecule has 2 amide bonds. The third kappa shape index (κ3) is 4.12. The van der Waals surface area contributed by atoms with Crippen molar-refractivity contribution in [1.82, 2.24) is 5.06 Å². The second-order valence-corrected chi connectivity index (χ2v) is 4.33. The van der Waals surface area contributed by atoms with Crippen LogP contribution < -0.4 is 0 Å². The standard InChI is InChI=1S/C8H5NO3.C6H14O2/c10-7-5-3-1-2-4-6(5)8(11)9(7)12;7-5-3-1-2-4-6-8/h1-4,12H;7-8H,1-6H2. The first-order chi connectivity index (χ1) is 9.63. The maximum absolute atomic E-state index is 11.1. The van der Waals surface area contributed by atoms with Gasteiger partial charge in [-0.05, 0) is 25.0 Å². The number of rotatable bonds is 5. The molecular weight excluding hydrogens is 262 g/mol. The zero-order valence-corrected chi connectivity index (χ0v) is 11.2. The summed E-state index contributed by atoms with van der Waals surface area (Å²) < 4.78 is 0. The van der Waals surface area contributed by atoms with E-state index in [2.05, 4.69) is 0 Å². The average molecular weight is 281 g/mol. The Morgan fingerprint density at radius 3 is 1.55 bits per heavy atom. The van der Waals surface area contributed by atoms with Crippen molar-refractivity contribution in [3.05, 3.63) is 35.4 Å². The van der Waals surface area contributed by atoms with Crippen LogP contribution >= 0.6 is 0 Å². The minimum atomic E-state index is -0.657. The molecule has 0 atom stereocenters. The third-order valence-electron chi connectivity index (χ3n) is 2.84. The van der Waals surface area contributed by atoms with Gasteiger partial charge in [-0.2, -0.15) is 0 Å². The molecule has 1 aromatic rings. The molecule has 1 heterocycles. The molecule has 1 aliphatic heterocycles. The van der Waals surface area contributed by atoms with Gasteiger partial charge in [0.15, 0.2) is 0 Å². The van der Waals surface area contributed by atoms with Gasteiger partial charge in [0.1, 0.15) is 0 Å². The van der Waals surface area contributed by atoms with E-state index in [1.54, 1.807) is 12.1 Å². The van der Waals surface area contributed by atoms with Crippen molar-refractivity contribution in [2.75, 3.05) is 13.2 Å². The molecule has 0 saturated heterocycles. The first-order valence-electron chi connectivity index (χ1n) is 6.52. The zero-order valence-electron chi connectivity index (χ0n) is 11.2. The number of aliphatic hydroxyl groups is 2. The monoisotopic (exact) mass is 281 g/mol. The van der Waals surface area contributed by atoms with E-state index < -0.39 is 11.8 Å². The Kier molecular flexibility index (Phi) is 6.86. The molecule has 6 nitrogen and oxygen atoms in total. The fraction of sp³-hybridized carbons (Fsp3) is 0.429. The predicted octanol–water partition coefficient (Wildman–Crippen LogP) is 1.20. The Labute approximate surface area is 117 Å². The van der Waals surface area contributed by atoms with Crippen LogP contribution in [-0.2, 0) is 0 Å². The van der Waals surface area contributed by atoms with Gasteiger partial charge >= 0.3 is 0 Å². The van der Waals surface area contributed by atoms with Crippen LogP contribution in [0.5, 0.6) is 0 Å². The number of carbonyl (C=O) groups excluding carboxylic acids is 2. The highest BCUT2D eigenvalue weighted by Gasteiger charge is 2.33. The number of benzene rings is 1. The van der Waals surface area contributed by atoms with Gasteiger partial charge in [0, 0.05) is 13.2 Å². The number of aliphatic hydroxyl groups excluding tert-OH is 2. The molecule has 2 rings (SSSR count). The average Bonchev–Trinajstić information content (AvgIpc) is 2.70. The SMILES string of the molecule is O=C1c2ccccc2C(=O)N1O.OCCCCCCO. The lowest BCUT2D eigenvalue weighted by molar-refractivity contribution is -0.0327. The van der Waals surface area contributed by atoms with Crippen LogP contribution in [0.4, 0.5) is 0 Å². The fourth-order valence-electron chi connectivity index (χ4n) is 1.75. The van der Waals surface area contributed by atoms with Crippen LogP contribution in [0.25, 0.3) is 0 Å². The first-order valence-corrected chi connectivity index (χ1v) is 6.52. The van der Waals surface area contributed by atoms with Gasteiger partial charge in [0.05, 0.1) is 11.1 Å². The summed E-state index contributed by atoms with van der Waals surface area (Å²) in [6, 6.07) is 6.30. The van der Waals surface area contributed by atoms with E-state index in [0.29, 0.717) is 0 Å². The Morgan fingerprint density at radius 2 is 1.20 bits per heavy atom. The second-order valence-electron chi connectivity index (χ2n) is 4.33. The van der Waals surface area contributed by atoms with Gasteiger partial charge < -0.3 is 10.2 Å². The van der Waals surface area contributed by atoms with Gasteiger partial charge in [-0.3, -0.25) is 14.8 Å². The molecule has 0 spiro atoms. The van der Waals surface area contributed by atoms with Gasteiger partial charge in [0.2, 0.25) is 0 Å². The summed E-state index contributed by atoms with van der Waals surface area (Å²) in [5.41, 5.74) is 0.509. The van der Waals surface area contributed by atoms with Crippen molar-refractivity contribution in [3.63, 3.8) is 0 Å². The fourth-order valence-corrected chi connectivity index (χ4v) is 1.75. The van der Waals surface area contributed by atoms with Crippen molar-refractivity contribution in [2.24, 2.45) is 0 Å². The number of amides is 2. The van der Waals surface area contributed by atoms with Crippen LogP contribution in [0.15, 0.2) is 24.3 Å². The summed E-state index contributed by atoms with van der Waals surface area (Å²) in [7, 11) is 0. The summed E-state index contributed by atoms with van der Waals surface area (Å²) in [6.07, 6.45) is 3.83. The molecule has 110 valence electrons. The molecule has 20 heavy (non-hydrogen) atoms. The molecule has 0 bridgehead atoms. The smallest absolute Gasteiger partial charge is 0.285 e. The van der Waals surface area contributed by atoms with Crippen molar-refractivity contribution in [2.45, 2.75) is 25.7 Å². The van der Waals surface area contributed by atoms with Gasteiger partial charge in [-0.1, -0.05) is 25.0 Å². The van der Waals surface area contributed by atoms with Crippen molar-refractivity contribution >= 4 is 11.8 Å². The molecule has 0 radical (unpaired) electrons. The lowest BCUT2D eigenvalue weighted by Gasteiger charge is -1.99. The molecule has 0 unspecified atom stereocenters. The van der Waals surface area contributed by atoms with E-state index in [4.69, 9.17) is 15.4 Å². The number of hydroxylamine groups is 2. The number of unbranched alkanes of at least 4 members (excludes halogenated alkanes) is 3. The predicted molar refractivity (Wildman–Crippen MR) is 71.4 cm³/mol. The minimum absolute atomic E-state index is 0.130. The summed E-state index contributed by atoms with van der Waals surface area (Å²) >= 11 is 0. The Balaban J connectivity index is 0.000000221. The summed E-state index contributed by atoms with van der Waals surface area (Å²) in [4.78, 5) is 22.1. The topological polar surface area (TPSA) is 98.1 Å². The number of nitrogens with zero attached hydrogens (tertiary/aromatic N) is 1. The van der Waals surface area contributed by atoms with E-state index in [9.17, 15) is 9.59 Å². The van der Waals surface area contributed by atoms with Crippen LogP contribution in [0.2, 0.25) is 0 Å². The Morgan fingerprint density at radius 1 is 0.800 bits per heavy atom. The number of carbonyl (C=O) groups is 2. The lowest BCUT2D eigenvalue weighted by Crippen LogP contribution is -2.25. The maximum Gasteiger partial charge on any atom is 0.285 e. The van der Waals surface area contributed by atoms with Crippen LogP contribution in [0, 0.1) is 0 Å². The lowest BCUT2D eigenvalue weighted by atomic mass is 10.1. The maximum atomic E-state index is 11.1. The van der Waals surface area contributed by atoms with E-state index in [1.165, 1.54) is 12.1 Å². The van der Waals surface area contributed by atoms with Gasteiger partial charge in [-0.15, -0.1) is 5.06 Å². The normalized spacial score (nSPS) is 13.1. The minimum Gasteiger partial charge on any atom is -0.396 e. The quantitative estimate of drug-likeness (QED) is 0.428. The van der Waals surface area contributed by atoms with Crippen LogP contribution in [0.3, 0.4) is 0 Å². The third-order valence-corrected chi connectivity index (χ3v) is 2.84. The van der Waals surface area contributed by atoms with Crippen LogP contribution in [0.1, 0.15) is 46.4 Å². The van der Waals surface area contributed by atoms with Crippen LogP contribution in [-0.4, -0.2) is 45.5 Å². The largest absolute Gasteiger partial charge is 0.396 e. The number of fused-ring (bicyclic) bond motifs is 1. The van der Waals surface area contributed by atoms with E-state index in [-0.39, 0.29) is 29.4 Å². The van der Waals surface area contributed by atoms with E-state index >= 15 is 0 Å². The van der Waals surface area contributed by atoms with Gasteiger partial charge in [0.25, 0.3) is 11.8 Å². The summed E-state index contributed by atoms with van der Waals surface area (Å²) in [5, 5.41) is 25.7. The van der Waals surface area contributed by atoms with Gasteiger partial charge in [-0.25, -0.2) is 0 Å². The molecule has 1 aliphatic rings. The molecule has 1 aromatic carbocycles. The van der Waals surface area contributed by atoms with E-state index in [0.717, 1.165) is 25.7 Å². The zero-order chi connectivity index (χ0) is 15.0. The molecule has 0 saturated carbocycles. The molecule has 6 heteroatoms. The summed E-state index contributed by atoms with van der Waals surface area (Å²) in [5.74, 6) is -1.31. The highest BCUT2D eigenvalue weighted by Crippen LogP contribution is 2.19. The number of imide groups is 1. The second kappa shape index (κ2) is 8.42. The molecule has 0 fully saturated rings. The van der Waals surface area contributed by atoms with Crippen molar-refractivity contribution in [1.29, 1.82) is 0 Å². The van der Waals surface area contributed by atoms with Crippen molar-refractivity contribution < 1.29 is 25.0 Å². The summed E-state index contributed by atoms with van der Waals surface area (Å²) in [6.45, 7) is 0.566. The van der Waals surface area contributed by atoms with Crippen molar-refractivity contribution in [3.8, 4) is 0 Å². The first kappa shape index (κ1) is 16.3. The molecular formula is C14H19NO5. The van der Waals surface area contributed by atoms with E-state index in [1.807, 2.05) is 0 Å². The Hall–Kier alpha value is -1.76. The number of hydrogen-bond acceptors (Lipinski definition) is 5. The number of hydrogen-bond donors (Lipinski definition) is 3. The highest BCUT2D eigenvalue weighted by molar-refractivity contribution is 6.20.